The fourth-order valence-electron chi connectivity index (χ4n) is 1.14. The molecule has 0 radical (unpaired) electrons. The maximum Gasteiger partial charge on any atom is 1.00 e. The first-order chi connectivity index (χ1) is 6.18. The first kappa shape index (κ1) is 11.8. The van der Waals surface area contributed by atoms with Crippen LogP contribution in [-0.4, -0.2) is 25.9 Å². The van der Waals surface area contributed by atoms with Crippen molar-refractivity contribution in [3.05, 3.63) is 29.6 Å². The monoisotopic (exact) mass is 217 g/mol. The zero-order valence-corrected chi connectivity index (χ0v) is 11.1. The Morgan fingerprint density at radius 3 is 2.79 bits per heavy atom. The summed E-state index contributed by atoms with van der Waals surface area (Å²) in [5, 5.41) is 16.5. The minimum atomic E-state index is -0.984. The van der Waals surface area contributed by atoms with Gasteiger partial charge in [-0.2, -0.15) is 14.8 Å². The van der Waals surface area contributed by atoms with Crippen molar-refractivity contribution in [3.8, 4) is 0 Å². The summed E-state index contributed by atoms with van der Waals surface area (Å²) in [7, 11) is 0. The van der Waals surface area contributed by atoms with Crippen molar-refractivity contribution < 1.29 is 62.7 Å². The van der Waals surface area contributed by atoms with Crippen molar-refractivity contribution in [2.75, 3.05) is 0 Å². The van der Waals surface area contributed by atoms with Crippen LogP contribution >= 0.6 is 0 Å². The molecule has 2 rings (SSSR count). The fourth-order valence-corrected chi connectivity index (χ4v) is 1.14. The molecule has 0 saturated heterocycles. The number of hydrogen-bond acceptors (Lipinski definition) is 3. The number of aryl methyl sites for hydroxylation is 1. The van der Waals surface area contributed by atoms with Gasteiger partial charge < -0.3 is 6.53 Å². The molecule has 0 fully saturated rings. The smallest absolute Gasteiger partial charge is 1.00 e. The molecule has 2 aromatic heterocycles. The summed E-state index contributed by atoms with van der Waals surface area (Å²) < 4.78 is 1.30. The number of fused-ring (bicyclic) bond motifs is 1. The molecule has 1 N–H and O–H groups in total. The Kier molecular flexibility index (Phi) is 3.79. The van der Waals surface area contributed by atoms with Gasteiger partial charge in [0.2, 0.25) is 0 Å². The zero-order valence-electron chi connectivity index (χ0n) is 8.93. The van der Waals surface area contributed by atoms with E-state index in [9.17, 15) is 4.79 Å². The topological polar surface area (TPSA) is 67.5 Å². The number of rotatable bonds is 1. The van der Waals surface area contributed by atoms with Crippen molar-refractivity contribution >= 4 is 11.5 Å². The molecule has 0 aliphatic rings. The van der Waals surface area contributed by atoms with E-state index < -0.39 is 5.97 Å². The van der Waals surface area contributed by atoms with Gasteiger partial charge in [-0.1, -0.05) is 0 Å². The molecule has 0 bridgehead atoms. The fraction of sp³-hybridized carbons (Fsp3) is 0.125. The van der Waals surface area contributed by atoms with Gasteiger partial charge in [-0.05, 0) is 18.6 Å². The van der Waals surface area contributed by atoms with Crippen LogP contribution in [0, 0.1) is 6.92 Å². The van der Waals surface area contributed by atoms with Crippen LogP contribution in [0.15, 0.2) is 18.5 Å². The van der Waals surface area contributed by atoms with Crippen molar-refractivity contribution in [1.29, 1.82) is 0 Å². The summed E-state index contributed by atoms with van der Waals surface area (Å²) in [6.07, 6.45) is 2.93. The quantitative estimate of drug-likeness (QED) is 0.553. The van der Waals surface area contributed by atoms with Gasteiger partial charge in [0.15, 0.2) is 0 Å². The third-order valence-corrected chi connectivity index (χ3v) is 1.75. The van der Waals surface area contributed by atoms with Crippen LogP contribution < -0.4 is 51.4 Å². The second kappa shape index (κ2) is 4.50. The zero-order chi connectivity index (χ0) is 9.42. The van der Waals surface area contributed by atoms with Crippen LogP contribution in [0.5, 0.6) is 0 Å². The summed E-state index contributed by atoms with van der Waals surface area (Å²) in [6, 6.07) is 1.74. The molecular formula is C8H8KN3O2. The SMILES string of the molecule is Cc1cnn2ncc(C(=O)O)c2c1.[H-].[K+]. The molecular weight excluding hydrogens is 209 g/mol. The van der Waals surface area contributed by atoms with Crippen LogP contribution in [0.3, 0.4) is 0 Å². The second-order valence-electron chi connectivity index (χ2n) is 2.77. The number of carbonyl (C=O) groups is 1. The van der Waals surface area contributed by atoms with Crippen molar-refractivity contribution in [2.24, 2.45) is 0 Å². The van der Waals surface area contributed by atoms with Gasteiger partial charge in [-0.25, -0.2) is 4.79 Å². The van der Waals surface area contributed by atoms with E-state index >= 15 is 0 Å². The van der Waals surface area contributed by atoms with Gasteiger partial charge in [0.05, 0.1) is 12.4 Å². The Balaban J connectivity index is 0.000000980. The van der Waals surface area contributed by atoms with Crippen LogP contribution in [-0.2, 0) is 0 Å². The predicted octanol–water partition coefficient (Wildman–Crippen LogP) is -2.15. The van der Waals surface area contributed by atoms with Crippen molar-refractivity contribution in [3.63, 3.8) is 0 Å². The van der Waals surface area contributed by atoms with E-state index in [0.29, 0.717) is 5.52 Å². The first-order valence-corrected chi connectivity index (χ1v) is 3.72. The summed E-state index contributed by atoms with van der Waals surface area (Å²) in [4.78, 5) is 10.7. The summed E-state index contributed by atoms with van der Waals surface area (Å²) in [5.41, 5.74) is 1.61. The van der Waals surface area contributed by atoms with E-state index in [0.717, 1.165) is 5.56 Å². The van der Waals surface area contributed by atoms with Crippen LogP contribution in [0.4, 0.5) is 0 Å². The molecule has 0 amide bonds. The van der Waals surface area contributed by atoms with E-state index in [-0.39, 0.29) is 58.4 Å². The maximum atomic E-state index is 10.7. The average Bonchev–Trinajstić information content (AvgIpc) is 2.46. The minimum absolute atomic E-state index is 0. The number of nitrogens with zero attached hydrogens (tertiary/aromatic N) is 3. The van der Waals surface area contributed by atoms with E-state index in [2.05, 4.69) is 10.2 Å². The number of aromatic carboxylic acids is 1. The molecule has 2 aromatic rings. The molecule has 68 valence electrons. The molecule has 5 nitrogen and oxygen atoms in total. The number of carboxylic acids is 1. The summed E-state index contributed by atoms with van der Waals surface area (Å²) in [6.45, 7) is 1.85. The number of carboxylic acid groups (broad SMARTS) is 1. The van der Waals surface area contributed by atoms with Gasteiger partial charge in [0.1, 0.15) is 11.1 Å². The molecule has 2 heterocycles. The van der Waals surface area contributed by atoms with Crippen LogP contribution in [0.25, 0.3) is 5.52 Å². The largest absolute Gasteiger partial charge is 1.00 e. The van der Waals surface area contributed by atoms with Gasteiger partial charge in [-0.3, -0.25) is 0 Å². The molecule has 0 aliphatic carbocycles. The molecule has 0 aliphatic heterocycles. The second-order valence-corrected chi connectivity index (χ2v) is 2.77. The van der Waals surface area contributed by atoms with Gasteiger partial charge in [0.25, 0.3) is 0 Å². The van der Waals surface area contributed by atoms with Crippen LogP contribution in [0.2, 0.25) is 0 Å². The molecule has 0 aromatic carbocycles. The Bertz CT molecular complexity index is 486. The minimum Gasteiger partial charge on any atom is -1.00 e. The molecule has 14 heavy (non-hydrogen) atoms. The van der Waals surface area contributed by atoms with E-state index in [4.69, 9.17) is 5.11 Å². The third kappa shape index (κ3) is 2.04. The average molecular weight is 217 g/mol. The van der Waals surface area contributed by atoms with Gasteiger partial charge in [0, 0.05) is 0 Å². The molecule has 0 saturated carbocycles. The Morgan fingerprint density at radius 2 is 2.14 bits per heavy atom. The first-order valence-electron chi connectivity index (χ1n) is 3.72. The summed E-state index contributed by atoms with van der Waals surface area (Å²) >= 11 is 0. The van der Waals surface area contributed by atoms with Crippen LogP contribution in [0.1, 0.15) is 17.3 Å². The molecule has 6 heteroatoms. The Hall–Kier alpha value is -0.274. The Morgan fingerprint density at radius 1 is 1.50 bits per heavy atom. The summed E-state index contributed by atoms with van der Waals surface area (Å²) in [5.74, 6) is -0.984. The van der Waals surface area contributed by atoms with E-state index in [1.165, 1.54) is 10.8 Å². The normalized spacial score (nSPS) is 9.79. The third-order valence-electron chi connectivity index (χ3n) is 1.75. The van der Waals surface area contributed by atoms with Crippen molar-refractivity contribution in [1.82, 2.24) is 14.8 Å². The molecule has 0 atom stereocenters. The van der Waals surface area contributed by atoms with Gasteiger partial charge >= 0.3 is 57.4 Å². The number of hydrogen-bond donors (Lipinski definition) is 1. The molecule has 0 unspecified atom stereocenters. The van der Waals surface area contributed by atoms with Crippen molar-refractivity contribution in [2.45, 2.75) is 6.92 Å². The molecule has 0 spiro atoms. The standard InChI is InChI=1S/C8H7N3O2.K.H/c1-5-2-7-6(8(12)13)4-10-11(7)9-3-5;;/h2-4H,1H3,(H,12,13);;/q;+1;-1. The van der Waals surface area contributed by atoms with E-state index in [1.54, 1.807) is 12.3 Å². The maximum absolute atomic E-state index is 10.7. The van der Waals surface area contributed by atoms with E-state index in [1.807, 2.05) is 6.92 Å². The number of aromatic nitrogens is 3. The Labute approximate surface area is 124 Å². The van der Waals surface area contributed by atoms with Gasteiger partial charge in [-0.15, -0.1) is 0 Å². The predicted molar refractivity (Wildman–Crippen MR) is 45.8 cm³/mol.